The van der Waals surface area contributed by atoms with Gasteiger partial charge in [0.1, 0.15) is 11.9 Å². The van der Waals surface area contributed by atoms with Crippen molar-refractivity contribution in [2.24, 2.45) is 5.92 Å². The van der Waals surface area contributed by atoms with Crippen LogP contribution < -0.4 is 10.6 Å². The van der Waals surface area contributed by atoms with Crippen molar-refractivity contribution in [3.05, 3.63) is 59.9 Å². The molecule has 0 unspecified atom stereocenters. The van der Waals surface area contributed by atoms with Crippen LogP contribution in [0.25, 0.3) is 0 Å². The first-order chi connectivity index (χ1) is 15.6. The molecule has 1 atom stereocenters. The summed E-state index contributed by atoms with van der Waals surface area (Å²) in [4.78, 5) is 27.5. The van der Waals surface area contributed by atoms with Crippen molar-refractivity contribution < 1.29 is 22.4 Å². The number of carbonyl (C=O) groups is 2. The molecule has 1 aliphatic rings. The monoisotopic (exact) mass is 476 g/mol. The van der Waals surface area contributed by atoms with Gasteiger partial charge in [-0.25, -0.2) is 12.8 Å². The summed E-state index contributed by atoms with van der Waals surface area (Å²) in [5, 5.41) is 5.40. The van der Waals surface area contributed by atoms with Crippen LogP contribution in [0, 0.1) is 11.7 Å². The van der Waals surface area contributed by atoms with E-state index in [1.54, 1.807) is 13.8 Å². The van der Waals surface area contributed by atoms with Gasteiger partial charge in [-0.2, -0.15) is 4.31 Å². The van der Waals surface area contributed by atoms with Gasteiger partial charge in [-0.05, 0) is 61.5 Å². The maximum absolute atomic E-state index is 13.1. The predicted octanol–water partition coefficient (Wildman–Crippen LogP) is 2.15. The molecule has 0 spiro atoms. The number of carbonyl (C=O) groups excluding carboxylic acids is 2. The fourth-order valence-corrected chi connectivity index (χ4v) is 4.89. The van der Waals surface area contributed by atoms with Gasteiger partial charge in [0.15, 0.2) is 0 Å². The summed E-state index contributed by atoms with van der Waals surface area (Å²) in [6.07, 6.45) is 0. The number of nitrogens with one attached hydrogen (secondary N) is 2. The van der Waals surface area contributed by atoms with E-state index in [4.69, 9.17) is 0 Å². The van der Waals surface area contributed by atoms with Crippen molar-refractivity contribution in [3.8, 4) is 0 Å². The SMILES string of the molecule is CC(C)[C@H](NC(=O)c1ccc(F)cc1)C(=O)Nc1ccc(S(=O)(=O)N2CCN(C)CC2)cc1. The molecule has 10 heteroatoms. The molecule has 2 aromatic carbocycles. The molecule has 2 aromatic rings. The molecule has 1 saturated heterocycles. The fraction of sp³-hybridized carbons (Fsp3) is 0.391. The van der Waals surface area contributed by atoms with Crippen molar-refractivity contribution in [1.82, 2.24) is 14.5 Å². The summed E-state index contributed by atoms with van der Waals surface area (Å²) in [5.41, 5.74) is 0.660. The Bertz CT molecular complexity index is 1080. The van der Waals surface area contributed by atoms with Gasteiger partial charge >= 0.3 is 0 Å². The predicted molar refractivity (Wildman–Crippen MR) is 124 cm³/mol. The normalized spacial score (nSPS) is 16.4. The highest BCUT2D eigenvalue weighted by Gasteiger charge is 2.28. The van der Waals surface area contributed by atoms with Crippen LogP contribution in [0.4, 0.5) is 10.1 Å². The molecule has 2 amide bonds. The molecule has 178 valence electrons. The zero-order valence-electron chi connectivity index (χ0n) is 18.9. The van der Waals surface area contributed by atoms with Crippen LogP contribution in [-0.4, -0.2) is 68.7 Å². The minimum Gasteiger partial charge on any atom is -0.340 e. The van der Waals surface area contributed by atoms with Crippen LogP contribution in [0.5, 0.6) is 0 Å². The number of nitrogens with zero attached hydrogens (tertiary/aromatic N) is 2. The summed E-state index contributed by atoms with van der Waals surface area (Å²) < 4.78 is 40.3. The van der Waals surface area contributed by atoms with E-state index in [1.165, 1.54) is 52.8 Å². The van der Waals surface area contributed by atoms with Crippen LogP contribution in [0.2, 0.25) is 0 Å². The minimum absolute atomic E-state index is 0.162. The van der Waals surface area contributed by atoms with Gasteiger partial charge in [-0.15, -0.1) is 0 Å². The van der Waals surface area contributed by atoms with Gasteiger partial charge in [-0.1, -0.05) is 13.8 Å². The summed E-state index contributed by atoms with van der Waals surface area (Å²) in [7, 11) is -1.65. The van der Waals surface area contributed by atoms with Gasteiger partial charge in [-0.3, -0.25) is 9.59 Å². The lowest BCUT2D eigenvalue weighted by Gasteiger charge is -2.31. The zero-order chi connectivity index (χ0) is 24.2. The number of sulfonamides is 1. The fourth-order valence-electron chi connectivity index (χ4n) is 3.47. The van der Waals surface area contributed by atoms with Gasteiger partial charge < -0.3 is 15.5 Å². The Morgan fingerprint density at radius 3 is 2.06 bits per heavy atom. The number of rotatable bonds is 7. The lowest BCUT2D eigenvalue weighted by Crippen LogP contribution is -2.47. The van der Waals surface area contributed by atoms with Crippen LogP contribution in [0.15, 0.2) is 53.4 Å². The Morgan fingerprint density at radius 1 is 0.939 bits per heavy atom. The Kier molecular flexibility index (Phi) is 7.83. The number of halogens is 1. The number of amides is 2. The first-order valence-corrected chi connectivity index (χ1v) is 12.2. The van der Waals surface area contributed by atoms with E-state index in [0.29, 0.717) is 31.9 Å². The largest absolute Gasteiger partial charge is 0.340 e. The standard InChI is InChI=1S/C23H29FN4O4S/c1-16(2)21(26-22(29)17-4-6-18(24)7-5-17)23(30)25-19-8-10-20(11-9-19)33(31,32)28-14-12-27(3)13-15-28/h4-11,16,21H,12-15H2,1-3H3,(H,25,30)(H,26,29)/t21-/m0/s1. The highest BCUT2D eigenvalue weighted by molar-refractivity contribution is 7.89. The van der Waals surface area contributed by atoms with Crippen LogP contribution >= 0.6 is 0 Å². The van der Waals surface area contributed by atoms with E-state index in [2.05, 4.69) is 15.5 Å². The molecule has 0 aliphatic carbocycles. The van der Waals surface area contributed by atoms with Crippen molar-refractivity contribution in [2.75, 3.05) is 38.5 Å². The van der Waals surface area contributed by atoms with Crippen LogP contribution in [0.3, 0.4) is 0 Å². The molecule has 1 aliphatic heterocycles. The number of hydrogen-bond acceptors (Lipinski definition) is 5. The third-order valence-electron chi connectivity index (χ3n) is 5.56. The molecule has 1 heterocycles. The molecule has 33 heavy (non-hydrogen) atoms. The molecule has 3 rings (SSSR count). The molecule has 0 aromatic heterocycles. The van der Waals surface area contributed by atoms with Crippen molar-refractivity contribution in [1.29, 1.82) is 0 Å². The molecule has 0 saturated carbocycles. The maximum atomic E-state index is 13.1. The second kappa shape index (κ2) is 10.4. The van der Waals surface area contributed by atoms with E-state index in [1.807, 2.05) is 7.05 Å². The number of hydrogen-bond donors (Lipinski definition) is 2. The van der Waals surface area contributed by atoms with Crippen molar-refractivity contribution in [2.45, 2.75) is 24.8 Å². The maximum Gasteiger partial charge on any atom is 0.251 e. The molecular formula is C23H29FN4O4S. The van der Waals surface area contributed by atoms with E-state index in [9.17, 15) is 22.4 Å². The average Bonchev–Trinajstić information content (AvgIpc) is 2.78. The highest BCUT2D eigenvalue weighted by Crippen LogP contribution is 2.20. The Labute approximate surface area is 193 Å². The van der Waals surface area contributed by atoms with E-state index in [-0.39, 0.29) is 16.4 Å². The Balaban J connectivity index is 1.66. The third kappa shape index (κ3) is 6.16. The second-order valence-electron chi connectivity index (χ2n) is 8.42. The highest BCUT2D eigenvalue weighted by atomic mass is 32.2. The zero-order valence-corrected chi connectivity index (χ0v) is 19.7. The Hall–Kier alpha value is -2.82. The summed E-state index contributed by atoms with van der Waals surface area (Å²) in [5.74, 6) is -1.60. The van der Waals surface area contributed by atoms with Crippen LogP contribution in [-0.2, 0) is 14.8 Å². The van der Waals surface area contributed by atoms with E-state index < -0.39 is 33.7 Å². The third-order valence-corrected chi connectivity index (χ3v) is 7.48. The molecule has 0 radical (unpaired) electrons. The van der Waals surface area contributed by atoms with Gasteiger partial charge in [0.05, 0.1) is 4.90 Å². The van der Waals surface area contributed by atoms with Crippen LogP contribution in [0.1, 0.15) is 24.2 Å². The first kappa shape index (κ1) is 24.8. The smallest absolute Gasteiger partial charge is 0.251 e. The van der Waals surface area contributed by atoms with Crippen molar-refractivity contribution in [3.63, 3.8) is 0 Å². The summed E-state index contributed by atoms with van der Waals surface area (Å²) in [6.45, 7) is 5.80. The second-order valence-corrected chi connectivity index (χ2v) is 10.4. The summed E-state index contributed by atoms with van der Waals surface area (Å²) in [6, 6.07) is 10.2. The van der Waals surface area contributed by atoms with E-state index >= 15 is 0 Å². The number of likely N-dealkylation sites (N-methyl/N-ethyl adjacent to an activating group) is 1. The topological polar surface area (TPSA) is 98.8 Å². The lowest BCUT2D eigenvalue weighted by atomic mass is 10.0. The van der Waals surface area contributed by atoms with Gasteiger partial charge in [0.25, 0.3) is 5.91 Å². The van der Waals surface area contributed by atoms with Gasteiger partial charge in [0.2, 0.25) is 15.9 Å². The molecule has 2 N–H and O–H groups in total. The molecular weight excluding hydrogens is 447 g/mol. The lowest BCUT2D eigenvalue weighted by molar-refractivity contribution is -0.118. The minimum atomic E-state index is -3.60. The van der Waals surface area contributed by atoms with E-state index in [0.717, 1.165) is 0 Å². The molecule has 1 fully saturated rings. The number of benzene rings is 2. The Morgan fingerprint density at radius 2 is 1.52 bits per heavy atom. The van der Waals surface area contributed by atoms with Crippen molar-refractivity contribution >= 4 is 27.5 Å². The number of piperazine rings is 1. The average molecular weight is 477 g/mol. The molecule has 0 bridgehead atoms. The quantitative estimate of drug-likeness (QED) is 0.638. The van der Waals surface area contributed by atoms with Gasteiger partial charge in [0, 0.05) is 37.4 Å². The number of anilines is 1. The molecule has 8 nitrogen and oxygen atoms in total. The summed E-state index contributed by atoms with van der Waals surface area (Å²) >= 11 is 0. The first-order valence-electron chi connectivity index (χ1n) is 10.7.